The molecule has 2 aromatic carbocycles. The standard InChI is InChI=1S/C20H19O4P/c1-5-11-24-20(22)25(23,17-9-7-6-8-10-17)19(21)18-15(3)12-14(2)13-16(18)4/h1,6-10,12-13H,11H2,2-4H3. The van der Waals surface area contributed by atoms with Gasteiger partial charge in [-0.05, 0) is 31.9 Å². The molecule has 0 N–H and O–H groups in total. The molecule has 0 radical (unpaired) electrons. The molecule has 0 aromatic heterocycles. The van der Waals surface area contributed by atoms with Crippen molar-refractivity contribution in [3.63, 3.8) is 0 Å². The minimum Gasteiger partial charge on any atom is -0.447 e. The normalized spacial score (nSPS) is 12.7. The molecule has 0 amide bonds. The average molecular weight is 354 g/mol. The van der Waals surface area contributed by atoms with Crippen molar-refractivity contribution >= 4 is 23.7 Å². The lowest BCUT2D eigenvalue weighted by Crippen LogP contribution is -2.22. The van der Waals surface area contributed by atoms with E-state index in [2.05, 4.69) is 5.92 Å². The van der Waals surface area contributed by atoms with Gasteiger partial charge in [-0.3, -0.25) is 9.36 Å². The van der Waals surface area contributed by atoms with Crippen LogP contribution in [0.3, 0.4) is 0 Å². The largest absolute Gasteiger partial charge is 0.447 e. The Morgan fingerprint density at radius 1 is 1.08 bits per heavy atom. The number of carbonyl (C=O) groups excluding carboxylic acids is 2. The van der Waals surface area contributed by atoms with Crippen LogP contribution in [0, 0.1) is 33.1 Å². The number of hydrogen-bond acceptors (Lipinski definition) is 4. The van der Waals surface area contributed by atoms with Gasteiger partial charge < -0.3 is 4.74 Å². The van der Waals surface area contributed by atoms with Gasteiger partial charge in [-0.2, -0.15) is 0 Å². The van der Waals surface area contributed by atoms with Gasteiger partial charge in [0.15, 0.2) is 6.61 Å². The lowest BCUT2D eigenvalue weighted by atomic mass is 10.0. The fourth-order valence-electron chi connectivity index (χ4n) is 2.81. The molecule has 0 fully saturated rings. The minimum absolute atomic E-state index is 0.140. The first kappa shape index (κ1) is 18.7. The SMILES string of the molecule is C#CCOC(=O)P(=O)(C(=O)c1c(C)cc(C)cc1C)c1ccccc1. The number of benzene rings is 2. The third-order valence-electron chi connectivity index (χ3n) is 3.83. The zero-order valence-electron chi connectivity index (χ0n) is 14.4. The van der Waals surface area contributed by atoms with Crippen LogP contribution < -0.4 is 5.30 Å². The molecule has 1 unspecified atom stereocenters. The molecule has 25 heavy (non-hydrogen) atoms. The number of ether oxygens (including phenoxy) is 1. The Balaban J connectivity index is 2.65. The van der Waals surface area contributed by atoms with Crippen molar-refractivity contribution in [3.8, 4) is 12.3 Å². The van der Waals surface area contributed by atoms with Crippen molar-refractivity contribution in [2.24, 2.45) is 0 Å². The molecule has 0 aliphatic heterocycles. The molecule has 0 bridgehead atoms. The van der Waals surface area contributed by atoms with Crippen molar-refractivity contribution in [2.45, 2.75) is 20.8 Å². The van der Waals surface area contributed by atoms with Crippen molar-refractivity contribution in [1.29, 1.82) is 0 Å². The highest BCUT2D eigenvalue weighted by molar-refractivity contribution is 8.00. The predicted molar refractivity (Wildman–Crippen MR) is 98.8 cm³/mol. The van der Waals surface area contributed by atoms with E-state index in [0.29, 0.717) is 11.1 Å². The molecular weight excluding hydrogens is 335 g/mol. The van der Waals surface area contributed by atoms with Crippen LogP contribution in [0.25, 0.3) is 0 Å². The van der Waals surface area contributed by atoms with Crippen molar-refractivity contribution in [3.05, 3.63) is 64.7 Å². The van der Waals surface area contributed by atoms with E-state index in [4.69, 9.17) is 11.2 Å². The van der Waals surface area contributed by atoms with E-state index in [1.807, 2.05) is 19.1 Å². The summed E-state index contributed by atoms with van der Waals surface area (Å²) < 4.78 is 18.5. The van der Waals surface area contributed by atoms with Crippen LogP contribution in [0.15, 0.2) is 42.5 Å². The molecule has 0 aliphatic rings. The van der Waals surface area contributed by atoms with Gasteiger partial charge in [0.25, 0.3) is 7.14 Å². The second-order valence-electron chi connectivity index (χ2n) is 5.78. The van der Waals surface area contributed by atoms with Gasteiger partial charge in [0.2, 0.25) is 5.52 Å². The third-order valence-corrected chi connectivity index (χ3v) is 6.30. The van der Waals surface area contributed by atoms with Gasteiger partial charge in [0, 0.05) is 10.9 Å². The smallest absolute Gasteiger partial charge is 0.377 e. The van der Waals surface area contributed by atoms with Crippen molar-refractivity contribution < 1.29 is 18.9 Å². The minimum atomic E-state index is -4.17. The first-order chi connectivity index (χ1) is 11.8. The summed E-state index contributed by atoms with van der Waals surface area (Å²) in [4.78, 5) is 25.7. The van der Waals surface area contributed by atoms with Crippen LogP contribution in [-0.2, 0) is 9.30 Å². The van der Waals surface area contributed by atoms with E-state index in [1.54, 1.807) is 32.0 Å². The molecule has 4 nitrogen and oxygen atoms in total. The summed E-state index contributed by atoms with van der Waals surface area (Å²) in [5.41, 5.74) is 0.801. The zero-order valence-corrected chi connectivity index (χ0v) is 15.3. The summed E-state index contributed by atoms with van der Waals surface area (Å²) in [6.45, 7) is 5.09. The number of hydrogen-bond donors (Lipinski definition) is 0. The first-order valence-electron chi connectivity index (χ1n) is 7.71. The predicted octanol–water partition coefficient (Wildman–Crippen LogP) is 4.21. The van der Waals surface area contributed by atoms with Crippen molar-refractivity contribution in [1.82, 2.24) is 0 Å². The second kappa shape index (κ2) is 7.51. The maximum Gasteiger partial charge on any atom is 0.377 e. The number of aryl methyl sites for hydroxylation is 3. The lowest BCUT2D eigenvalue weighted by Gasteiger charge is -2.18. The van der Waals surface area contributed by atoms with E-state index in [-0.39, 0.29) is 17.5 Å². The number of rotatable bonds is 5. The van der Waals surface area contributed by atoms with Gasteiger partial charge in [-0.25, -0.2) is 4.79 Å². The van der Waals surface area contributed by atoms with Crippen LogP contribution in [-0.4, -0.2) is 17.8 Å². The topological polar surface area (TPSA) is 60.4 Å². The molecule has 2 rings (SSSR count). The van der Waals surface area contributed by atoms with E-state index >= 15 is 0 Å². The summed E-state index contributed by atoms with van der Waals surface area (Å²) >= 11 is 0. The van der Waals surface area contributed by atoms with E-state index in [9.17, 15) is 14.2 Å². The zero-order chi connectivity index (χ0) is 18.6. The molecule has 2 aromatic rings. The van der Waals surface area contributed by atoms with Gasteiger partial charge >= 0.3 is 5.71 Å². The Kier molecular flexibility index (Phi) is 5.62. The molecule has 0 heterocycles. The quantitative estimate of drug-likeness (QED) is 0.596. The Hall–Kier alpha value is -2.63. The Bertz CT molecular complexity index is 884. The second-order valence-corrected chi connectivity index (χ2v) is 8.29. The third kappa shape index (κ3) is 3.57. The Morgan fingerprint density at radius 2 is 1.64 bits per heavy atom. The van der Waals surface area contributed by atoms with Crippen LogP contribution >= 0.6 is 7.14 Å². The Labute approximate surface area is 147 Å². The van der Waals surface area contributed by atoms with Crippen LogP contribution in [0.4, 0.5) is 4.79 Å². The molecule has 0 aliphatic carbocycles. The molecule has 128 valence electrons. The molecule has 1 atom stereocenters. The highest BCUT2D eigenvalue weighted by atomic mass is 31.2. The number of terminal acetylenes is 1. The number of carbonyl (C=O) groups is 2. The van der Waals surface area contributed by atoms with Crippen LogP contribution in [0.2, 0.25) is 0 Å². The maximum atomic E-state index is 13.6. The molecule has 0 saturated heterocycles. The summed E-state index contributed by atoms with van der Waals surface area (Å²) in [5, 5.41) is 0.140. The monoisotopic (exact) mass is 354 g/mol. The lowest BCUT2D eigenvalue weighted by molar-refractivity contribution is 0.107. The highest BCUT2D eigenvalue weighted by Gasteiger charge is 2.44. The molecule has 0 saturated carbocycles. The maximum absolute atomic E-state index is 13.6. The molecule has 5 heteroatoms. The van der Waals surface area contributed by atoms with Gasteiger partial charge in [-0.1, -0.05) is 53.9 Å². The molecule has 0 spiro atoms. The summed E-state index contributed by atoms with van der Waals surface area (Å²) in [7, 11) is -4.17. The van der Waals surface area contributed by atoms with Gasteiger partial charge in [0.1, 0.15) is 0 Å². The fourth-order valence-corrected chi connectivity index (χ4v) is 4.93. The van der Waals surface area contributed by atoms with Gasteiger partial charge in [0.05, 0.1) is 0 Å². The summed E-state index contributed by atoms with van der Waals surface area (Å²) in [6.07, 6.45) is 5.11. The van der Waals surface area contributed by atoms with Crippen LogP contribution in [0.1, 0.15) is 27.0 Å². The highest BCUT2D eigenvalue weighted by Crippen LogP contribution is 2.50. The average Bonchev–Trinajstić information content (AvgIpc) is 2.58. The van der Waals surface area contributed by atoms with Gasteiger partial charge in [-0.15, -0.1) is 6.42 Å². The fraction of sp³-hybridized carbons (Fsp3) is 0.200. The van der Waals surface area contributed by atoms with E-state index < -0.39 is 18.4 Å². The Morgan fingerprint density at radius 3 is 2.16 bits per heavy atom. The van der Waals surface area contributed by atoms with E-state index in [1.165, 1.54) is 12.1 Å². The van der Waals surface area contributed by atoms with E-state index in [0.717, 1.165) is 5.56 Å². The van der Waals surface area contributed by atoms with Crippen molar-refractivity contribution in [2.75, 3.05) is 6.61 Å². The first-order valence-corrected chi connectivity index (χ1v) is 9.42. The molecular formula is C20H19O4P. The van der Waals surface area contributed by atoms with Crippen LogP contribution in [0.5, 0.6) is 0 Å². The summed E-state index contributed by atoms with van der Waals surface area (Å²) in [6, 6.07) is 11.6. The summed E-state index contributed by atoms with van der Waals surface area (Å²) in [5.74, 6) is 2.16.